The van der Waals surface area contributed by atoms with Gasteiger partial charge in [0.25, 0.3) is 0 Å². The predicted molar refractivity (Wildman–Crippen MR) is 162 cm³/mol. The maximum Gasteiger partial charge on any atom is -0.00189 e. The molecule has 35 heavy (non-hydrogen) atoms. The number of benzene rings is 1. The van der Waals surface area contributed by atoms with Gasteiger partial charge >= 0.3 is 0 Å². The lowest BCUT2D eigenvalue weighted by Gasteiger charge is -2.20. The van der Waals surface area contributed by atoms with E-state index in [2.05, 4.69) is 32.3 Å². The average Bonchev–Trinajstić information content (AvgIpc) is 2.90. The van der Waals surface area contributed by atoms with E-state index in [-0.39, 0.29) is 0 Å². The summed E-state index contributed by atoms with van der Waals surface area (Å²) >= 11 is 0. The fourth-order valence-corrected chi connectivity index (χ4v) is 4.66. The minimum absolute atomic E-state index is 1.17. The van der Waals surface area contributed by atoms with E-state index < -0.39 is 0 Å². The van der Waals surface area contributed by atoms with Crippen molar-refractivity contribution in [3.05, 3.63) is 42.5 Å². The molecule has 1 aromatic rings. The summed E-state index contributed by atoms with van der Waals surface area (Å²) in [7, 11) is 0. The Labute approximate surface area is 222 Å². The molecule has 0 fully saturated rings. The monoisotopic (exact) mass is 485 g/mol. The molecule has 1 nitrogen and oxygen atoms in total. The fraction of sp³-hybridized carbons (Fsp3) is 0.765. The van der Waals surface area contributed by atoms with Gasteiger partial charge in [-0.1, -0.05) is 179 Å². The molecule has 0 aromatic heterocycles. The van der Waals surface area contributed by atoms with Gasteiger partial charge in [-0.3, -0.25) is 0 Å². The molecule has 0 amide bonds. The summed E-state index contributed by atoms with van der Waals surface area (Å²) in [6.07, 6.45) is 30.8. The second kappa shape index (κ2) is 29.2. The highest BCUT2D eigenvalue weighted by Crippen LogP contribution is 2.12. The van der Waals surface area contributed by atoms with Crippen LogP contribution in [0, 0.1) is 0 Å². The Hall–Kier alpha value is -1.08. The van der Waals surface area contributed by atoms with Gasteiger partial charge in [-0.15, -0.1) is 0 Å². The molecule has 0 aliphatic rings. The zero-order valence-corrected chi connectivity index (χ0v) is 24.4. The highest BCUT2D eigenvalue weighted by Gasteiger charge is 2.02. The Kier molecular flexibility index (Phi) is 28.3. The van der Waals surface area contributed by atoms with E-state index >= 15 is 0 Å². The van der Waals surface area contributed by atoms with Gasteiger partial charge in [-0.05, 0) is 38.0 Å². The highest BCUT2D eigenvalue weighted by molar-refractivity contribution is 5.45. The van der Waals surface area contributed by atoms with Crippen LogP contribution in [0.25, 0.3) is 6.08 Å². The molecule has 1 rings (SSSR count). The molecule has 0 radical (unpaired) electrons. The first-order valence-electron chi connectivity index (χ1n) is 15.7. The standard InChI is InChI=1S/C26H55N.C8H8/c1-4-7-9-11-13-15-17-19-21-23-25-27(6-3)26-24-22-20-18-16-14-12-10-8-5-2;1-2-8-6-4-3-5-7-8/h4-26H2,1-3H3;2-7H,1H2. The van der Waals surface area contributed by atoms with Gasteiger partial charge in [-0.25, -0.2) is 0 Å². The van der Waals surface area contributed by atoms with E-state index in [0.29, 0.717) is 0 Å². The minimum Gasteiger partial charge on any atom is -0.304 e. The largest absolute Gasteiger partial charge is 0.304 e. The Morgan fingerprint density at radius 3 is 1.14 bits per heavy atom. The molecule has 0 saturated heterocycles. The van der Waals surface area contributed by atoms with Crippen LogP contribution in [0.1, 0.15) is 155 Å². The third-order valence-corrected chi connectivity index (χ3v) is 7.14. The maximum atomic E-state index is 3.63. The Bertz CT molecular complexity index is 485. The fourth-order valence-electron chi connectivity index (χ4n) is 4.66. The lowest BCUT2D eigenvalue weighted by Crippen LogP contribution is -2.25. The van der Waals surface area contributed by atoms with Gasteiger partial charge in [0.1, 0.15) is 0 Å². The SMILES string of the molecule is C=Cc1ccccc1.CCCCCCCCCCCCN(CC)CCCCCCCCCCCC. The predicted octanol–water partition coefficient (Wildman–Crippen LogP) is 11.5. The van der Waals surface area contributed by atoms with Crippen LogP contribution in [0.5, 0.6) is 0 Å². The van der Waals surface area contributed by atoms with Crippen molar-refractivity contribution >= 4 is 6.08 Å². The van der Waals surface area contributed by atoms with E-state index in [9.17, 15) is 0 Å². The topological polar surface area (TPSA) is 3.24 Å². The Morgan fingerprint density at radius 1 is 0.514 bits per heavy atom. The lowest BCUT2D eigenvalue weighted by molar-refractivity contribution is 0.273. The molecule has 1 aromatic carbocycles. The van der Waals surface area contributed by atoms with Crippen LogP contribution in [0.15, 0.2) is 36.9 Å². The minimum atomic E-state index is 1.17. The third-order valence-electron chi connectivity index (χ3n) is 7.14. The van der Waals surface area contributed by atoms with E-state index in [0.717, 1.165) is 0 Å². The number of unbranched alkanes of at least 4 members (excludes halogenated alkanes) is 18. The molecule has 0 saturated carbocycles. The van der Waals surface area contributed by atoms with E-state index in [1.54, 1.807) is 0 Å². The van der Waals surface area contributed by atoms with Crippen LogP contribution in [0.2, 0.25) is 0 Å². The number of rotatable bonds is 24. The second-order valence-corrected chi connectivity index (χ2v) is 10.4. The van der Waals surface area contributed by atoms with Crippen molar-refractivity contribution in [2.45, 2.75) is 149 Å². The summed E-state index contributed by atoms with van der Waals surface area (Å²) in [5.74, 6) is 0. The van der Waals surface area contributed by atoms with Crippen molar-refractivity contribution in [3.63, 3.8) is 0 Å². The van der Waals surface area contributed by atoms with Gasteiger partial charge in [0.15, 0.2) is 0 Å². The normalized spacial score (nSPS) is 10.9. The van der Waals surface area contributed by atoms with Gasteiger partial charge in [0, 0.05) is 0 Å². The molecular weight excluding hydrogens is 422 g/mol. The summed E-state index contributed by atoms with van der Waals surface area (Å²) in [4.78, 5) is 2.69. The van der Waals surface area contributed by atoms with Crippen molar-refractivity contribution in [2.75, 3.05) is 19.6 Å². The quantitative estimate of drug-likeness (QED) is 0.132. The molecule has 0 spiro atoms. The highest BCUT2D eigenvalue weighted by atomic mass is 15.1. The van der Waals surface area contributed by atoms with Gasteiger partial charge in [-0.2, -0.15) is 0 Å². The molecule has 0 N–H and O–H groups in total. The summed E-state index contributed by atoms with van der Waals surface area (Å²) in [5.41, 5.74) is 1.17. The van der Waals surface area contributed by atoms with E-state index in [1.807, 2.05) is 36.4 Å². The first-order valence-corrected chi connectivity index (χ1v) is 15.7. The Morgan fingerprint density at radius 2 is 0.857 bits per heavy atom. The molecule has 1 heteroatoms. The van der Waals surface area contributed by atoms with Crippen LogP contribution in [-0.4, -0.2) is 24.5 Å². The molecular formula is C34H63N. The second-order valence-electron chi connectivity index (χ2n) is 10.4. The van der Waals surface area contributed by atoms with Gasteiger partial charge in [0.05, 0.1) is 0 Å². The zero-order valence-electron chi connectivity index (χ0n) is 24.4. The number of hydrogen-bond donors (Lipinski definition) is 0. The Balaban J connectivity index is 0.00000121. The maximum absolute atomic E-state index is 3.63. The van der Waals surface area contributed by atoms with E-state index in [4.69, 9.17) is 0 Å². The molecule has 0 unspecified atom stereocenters. The first kappa shape index (κ1) is 33.9. The number of nitrogens with zero attached hydrogens (tertiary/aromatic N) is 1. The molecule has 0 aliphatic carbocycles. The van der Waals surface area contributed by atoms with E-state index in [1.165, 1.54) is 154 Å². The smallest absolute Gasteiger partial charge is 0.00189 e. The zero-order chi connectivity index (χ0) is 25.7. The lowest BCUT2D eigenvalue weighted by atomic mass is 10.1. The van der Waals surface area contributed by atoms with Crippen molar-refractivity contribution in [2.24, 2.45) is 0 Å². The van der Waals surface area contributed by atoms with Crippen LogP contribution in [0.3, 0.4) is 0 Å². The van der Waals surface area contributed by atoms with Crippen LogP contribution >= 0.6 is 0 Å². The summed E-state index contributed by atoms with van der Waals surface area (Å²) in [5, 5.41) is 0. The van der Waals surface area contributed by atoms with Crippen LogP contribution in [-0.2, 0) is 0 Å². The summed E-state index contributed by atoms with van der Waals surface area (Å²) < 4.78 is 0. The summed E-state index contributed by atoms with van der Waals surface area (Å²) in [6, 6.07) is 10.0. The van der Waals surface area contributed by atoms with Crippen molar-refractivity contribution < 1.29 is 0 Å². The molecule has 0 heterocycles. The third kappa shape index (κ3) is 25.8. The first-order chi connectivity index (χ1) is 17.3. The number of hydrogen-bond acceptors (Lipinski definition) is 1. The average molecular weight is 486 g/mol. The van der Waals surface area contributed by atoms with Crippen molar-refractivity contribution in [1.29, 1.82) is 0 Å². The van der Waals surface area contributed by atoms with Crippen LogP contribution < -0.4 is 0 Å². The molecule has 0 bridgehead atoms. The van der Waals surface area contributed by atoms with Crippen molar-refractivity contribution in [3.8, 4) is 0 Å². The molecule has 204 valence electrons. The van der Waals surface area contributed by atoms with Gasteiger partial charge in [0.2, 0.25) is 0 Å². The van der Waals surface area contributed by atoms with Crippen molar-refractivity contribution in [1.82, 2.24) is 4.90 Å². The summed E-state index contributed by atoms with van der Waals surface area (Å²) in [6.45, 7) is 14.5. The molecule has 0 atom stereocenters. The molecule has 0 aliphatic heterocycles. The van der Waals surface area contributed by atoms with Gasteiger partial charge < -0.3 is 4.90 Å². The van der Waals surface area contributed by atoms with Crippen LogP contribution in [0.4, 0.5) is 0 Å².